The SMILES string of the molecule is C=C(/C=C\N=C(/N)NS(=O)(=O)c1ccc(C)cc1)c1ccc2nc(NC(C)=O)sc2c1. The molecule has 1 heterocycles. The number of carbonyl (C=O) groups excluding carboxylic acids is 1. The molecule has 0 aliphatic rings. The molecule has 0 saturated heterocycles. The number of nitrogens with one attached hydrogen (secondary N) is 2. The first-order valence-corrected chi connectivity index (χ1v) is 11.4. The summed E-state index contributed by atoms with van der Waals surface area (Å²) in [4.78, 5) is 19.5. The molecule has 3 rings (SSSR count). The van der Waals surface area contributed by atoms with Gasteiger partial charge in [-0.25, -0.2) is 23.1 Å². The topological polar surface area (TPSA) is 127 Å². The largest absolute Gasteiger partial charge is 0.369 e. The van der Waals surface area contributed by atoms with Crippen LogP contribution in [0.5, 0.6) is 0 Å². The normalized spacial score (nSPS) is 12.3. The number of fused-ring (bicyclic) bond motifs is 1. The van der Waals surface area contributed by atoms with Crippen LogP contribution in [0.3, 0.4) is 0 Å². The number of rotatable bonds is 6. The summed E-state index contributed by atoms with van der Waals surface area (Å²) in [6, 6.07) is 12.0. The fourth-order valence-electron chi connectivity index (χ4n) is 2.57. The lowest BCUT2D eigenvalue weighted by Crippen LogP contribution is -2.36. The Labute approximate surface area is 184 Å². The molecule has 0 saturated carbocycles. The molecule has 160 valence electrons. The van der Waals surface area contributed by atoms with Crippen LogP contribution >= 0.6 is 11.3 Å². The van der Waals surface area contributed by atoms with Gasteiger partial charge in [-0.05, 0) is 48.4 Å². The first kappa shape index (κ1) is 22.2. The highest BCUT2D eigenvalue weighted by Gasteiger charge is 2.14. The first-order valence-electron chi connectivity index (χ1n) is 9.11. The molecular weight excluding hydrogens is 434 g/mol. The maximum absolute atomic E-state index is 12.3. The third-order valence-corrected chi connectivity index (χ3v) is 6.41. The number of thiazole rings is 1. The van der Waals surface area contributed by atoms with E-state index in [1.807, 2.05) is 25.1 Å². The van der Waals surface area contributed by atoms with Gasteiger partial charge in [0.1, 0.15) is 0 Å². The Balaban J connectivity index is 1.69. The van der Waals surface area contributed by atoms with Crippen molar-refractivity contribution in [3.63, 3.8) is 0 Å². The van der Waals surface area contributed by atoms with Crippen molar-refractivity contribution in [2.75, 3.05) is 5.32 Å². The highest BCUT2D eigenvalue weighted by atomic mass is 32.2. The van der Waals surface area contributed by atoms with Gasteiger partial charge in [-0.1, -0.05) is 41.7 Å². The zero-order valence-corrected chi connectivity index (χ0v) is 18.5. The van der Waals surface area contributed by atoms with Crippen LogP contribution in [0.15, 0.2) is 71.2 Å². The minimum Gasteiger partial charge on any atom is -0.369 e. The second-order valence-electron chi connectivity index (χ2n) is 6.66. The number of anilines is 1. The number of amides is 1. The number of benzene rings is 2. The number of sulfonamides is 1. The van der Waals surface area contributed by atoms with Crippen LogP contribution in [0.4, 0.5) is 5.13 Å². The number of aryl methyl sites for hydroxylation is 1. The minimum atomic E-state index is -3.81. The van der Waals surface area contributed by atoms with Crippen LogP contribution in [0.1, 0.15) is 18.1 Å². The Hall–Kier alpha value is -3.50. The van der Waals surface area contributed by atoms with Crippen molar-refractivity contribution in [3.8, 4) is 0 Å². The van der Waals surface area contributed by atoms with E-state index >= 15 is 0 Å². The Kier molecular flexibility index (Phi) is 6.52. The van der Waals surface area contributed by atoms with Gasteiger partial charge in [0.25, 0.3) is 10.0 Å². The molecule has 0 aliphatic carbocycles. The van der Waals surface area contributed by atoms with Crippen molar-refractivity contribution in [3.05, 3.63) is 72.4 Å². The Morgan fingerprint density at radius 1 is 1.23 bits per heavy atom. The molecule has 0 aliphatic heterocycles. The summed E-state index contributed by atoms with van der Waals surface area (Å²) < 4.78 is 27.8. The lowest BCUT2D eigenvalue weighted by Gasteiger charge is -2.06. The Bertz CT molecular complexity index is 1310. The van der Waals surface area contributed by atoms with Crippen molar-refractivity contribution in [1.29, 1.82) is 0 Å². The fourth-order valence-corrected chi connectivity index (χ4v) is 4.46. The summed E-state index contributed by atoms with van der Waals surface area (Å²) in [5.74, 6) is -0.442. The quantitative estimate of drug-likeness (QED) is 0.298. The minimum absolute atomic E-state index is 0.0983. The van der Waals surface area contributed by atoms with Crippen LogP contribution in [-0.4, -0.2) is 25.3 Å². The molecule has 1 amide bonds. The van der Waals surface area contributed by atoms with Crippen LogP contribution in [0.25, 0.3) is 15.8 Å². The fraction of sp³-hybridized carbons (Fsp3) is 0.0952. The van der Waals surface area contributed by atoms with E-state index in [1.165, 1.54) is 36.6 Å². The van der Waals surface area contributed by atoms with Crippen molar-refractivity contribution < 1.29 is 13.2 Å². The Morgan fingerprint density at radius 3 is 2.61 bits per heavy atom. The molecule has 1 aromatic heterocycles. The molecule has 0 bridgehead atoms. The van der Waals surface area contributed by atoms with E-state index in [9.17, 15) is 13.2 Å². The van der Waals surface area contributed by atoms with Gasteiger partial charge < -0.3 is 11.1 Å². The summed E-state index contributed by atoms with van der Waals surface area (Å²) >= 11 is 1.36. The number of allylic oxidation sites excluding steroid dienone is 2. The number of aromatic nitrogens is 1. The van der Waals surface area contributed by atoms with Crippen LogP contribution in [0.2, 0.25) is 0 Å². The predicted molar refractivity (Wildman–Crippen MR) is 125 cm³/mol. The van der Waals surface area contributed by atoms with E-state index < -0.39 is 10.0 Å². The molecule has 0 fully saturated rings. The lowest BCUT2D eigenvalue weighted by atomic mass is 10.1. The highest BCUT2D eigenvalue weighted by molar-refractivity contribution is 7.90. The lowest BCUT2D eigenvalue weighted by molar-refractivity contribution is -0.114. The molecule has 0 unspecified atom stereocenters. The van der Waals surface area contributed by atoms with Gasteiger partial charge in [0.05, 0.1) is 15.1 Å². The van der Waals surface area contributed by atoms with Crippen LogP contribution in [0, 0.1) is 6.92 Å². The van der Waals surface area contributed by atoms with Gasteiger partial charge in [-0.2, -0.15) is 0 Å². The third-order valence-electron chi connectivity index (χ3n) is 4.10. The molecule has 3 aromatic rings. The van der Waals surface area contributed by atoms with E-state index in [2.05, 4.69) is 26.6 Å². The molecule has 10 heteroatoms. The first-order chi connectivity index (χ1) is 14.6. The summed E-state index contributed by atoms with van der Waals surface area (Å²) in [5, 5.41) is 3.19. The van der Waals surface area contributed by atoms with Gasteiger partial charge in [-0.3, -0.25) is 4.79 Å². The Morgan fingerprint density at radius 2 is 1.94 bits per heavy atom. The average Bonchev–Trinajstić information content (AvgIpc) is 3.08. The van der Waals surface area contributed by atoms with E-state index in [-0.39, 0.29) is 16.8 Å². The number of guanidine groups is 1. The zero-order chi connectivity index (χ0) is 22.6. The van der Waals surface area contributed by atoms with Gasteiger partial charge >= 0.3 is 0 Å². The molecular formula is C21H21N5O3S2. The molecule has 8 nitrogen and oxygen atoms in total. The maximum atomic E-state index is 12.3. The smallest absolute Gasteiger partial charge is 0.264 e. The molecule has 2 aromatic carbocycles. The standard InChI is InChI=1S/C21H21N5O3S2/c1-13-4-7-17(8-5-13)31(28,29)26-20(22)23-11-10-14(2)16-6-9-18-19(12-16)30-21(25-18)24-15(3)27/h4-12H,2H2,1,3H3,(H3,22,23,26)(H,24,25,27)/b11-10-. The van der Waals surface area contributed by atoms with Crippen molar-refractivity contribution >= 4 is 54.1 Å². The maximum Gasteiger partial charge on any atom is 0.264 e. The van der Waals surface area contributed by atoms with Gasteiger partial charge in [0, 0.05) is 13.1 Å². The molecule has 0 radical (unpaired) electrons. The van der Waals surface area contributed by atoms with E-state index in [0.29, 0.717) is 10.7 Å². The third kappa shape index (κ3) is 5.77. The second kappa shape index (κ2) is 9.11. The summed E-state index contributed by atoms with van der Waals surface area (Å²) in [7, 11) is -3.81. The summed E-state index contributed by atoms with van der Waals surface area (Å²) in [6.07, 6.45) is 2.99. The number of nitrogens with two attached hydrogens (primary N) is 1. The van der Waals surface area contributed by atoms with E-state index in [0.717, 1.165) is 21.3 Å². The monoisotopic (exact) mass is 455 g/mol. The van der Waals surface area contributed by atoms with Crippen molar-refractivity contribution in [1.82, 2.24) is 9.71 Å². The highest BCUT2D eigenvalue weighted by Crippen LogP contribution is 2.28. The van der Waals surface area contributed by atoms with Crippen LogP contribution in [-0.2, 0) is 14.8 Å². The molecule has 31 heavy (non-hydrogen) atoms. The second-order valence-corrected chi connectivity index (χ2v) is 9.37. The number of carbonyl (C=O) groups is 1. The molecule has 0 atom stereocenters. The number of hydrogen-bond acceptors (Lipinski definition) is 6. The van der Waals surface area contributed by atoms with E-state index in [1.54, 1.807) is 18.2 Å². The van der Waals surface area contributed by atoms with Gasteiger partial charge in [-0.15, -0.1) is 0 Å². The number of hydrogen-bond donors (Lipinski definition) is 3. The predicted octanol–water partition coefficient (Wildman–Crippen LogP) is 3.38. The van der Waals surface area contributed by atoms with Crippen molar-refractivity contribution in [2.24, 2.45) is 10.7 Å². The van der Waals surface area contributed by atoms with Crippen molar-refractivity contribution in [2.45, 2.75) is 18.7 Å². The molecule has 4 N–H and O–H groups in total. The van der Waals surface area contributed by atoms with Gasteiger partial charge in [0.15, 0.2) is 5.13 Å². The summed E-state index contributed by atoms with van der Waals surface area (Å²) in [5.41, 5.74) is 8.90. The zero-order valence-electron chi connectivity index (χ0n) is 16.9. The average molecular weight is 456 g/mol. The van der Waals surface area contributed by atoms with Gasteiger partial charge in [0.2, 0.25) is 11.9 Å². The van der Waals surface area contributed by atoms with Crippen LogP contribution < -0.4 is 15.8 Å². The molecule has 0 spiro atoms. The number of nitrogens with zero attached hydrogens (tertiary/aromatic N) is 2. The van der Waals surface area contributed by atoms with E-state index in [4.69, 9.17) is 5.73 Å². The number of aliphatic imine (C=N–C) groups is 1. The summed E-state index contributed by atoms with van der Waals surface area (Å²) in [6.45, 7) is 7.29.